The van der Waals surface area contributed by atoms with Crippen LogP contribution in [0.5, 0.6) is 0 Å². The summed E-state index contributed by atoms with van der Waals surface area (Å²) in [5, 5.41) is 9.09. The van der Waals surface area contributed by atoms with Gasteiger partial charge < -0.3 is 5.11 Å². The second kappa shape index (κ2) is 2.96. The van der Waals surface area contributed by atoms with Crippen LogP contribution < -0.4 is 0 Å². The summed E-state index contributed by atoms with van der Waals surface area (Å²) < 4.78 is 12.0. The molecule has 0 saturated carbocycles. The van der Waals surface area contributed by atoms with Gasteiger partial charge in [-0.05, 0) is 6.92 Å². The molecule has 0 aliphatic carbocycles. The molecule has 0 aliphatic rings. The molecule has 0 saturated heterocycles. The lowest BCUT2D eigenvalue weighted by Crippen LogP contribution is -1.96. The van der Waals surface area contributed by atoms with Crippen LogP contribution in [0.4, 0.5) is 4.39 Å². The molecule has 0 amide bonds. The van der Waals surface area contributed by atoms with Gasteiger partial charge in [0.2, 0.25) is 0 Å². The van der Waals surface area contributed by atoms with E-state index in [2.05, 4.69) is 4.98 Å². The lowest BCUT2D eigenvalue weighted by atomic mass is 10.4. The number of aromatic nitrogens is 1. The van der Waals surface area contributed by atoms with Crippen LogP contribution in [0.2, 0.25) is 0 Å². The normalized spacial score (nSPS) is 10.0. The van der Waals surface area contributed by atoms with Crippen LogP contribution in [0.15, 0.2) is 0 Å². The molecule has 60 valence electrons. The number of hydrogen-bond donors (Lipinski definition) is 1. The Balaban J connectivity index is 3.12. The van der Waals surface area contributed by atoms with E-state index in [1.54, 1.807) is 6.92 Å². The summed E-state index contributed by atoms with van der Waals surface area (Å²) in [5.41, 5.74) is 0.0278. The van der Waals surface area contributed by atoms with E-state index in [-0.39, 0.29) is 10.6 Å². The summed E-state index contributed by atoms with van der Waals surface area (Å²) in [6.45, 7) is 0.836. The first kappa shape index (κ1) is 8.13. The highest BCUT2D eigenvalue weighted by molar-refractivity contribution is 7.13. The third kappa shape index (κ3) is 1.54. The molecule has 0 aromatic carbocycles. The Bertz CT molecular complexity index is 284. The molecular formula is C6H6FNO2S. The van der Waals surface area contributed by atoms with Gasteiger partial charge in [0.15, 0.2) is 0 Å². The Morgan fingerprint density at radius 3 is 2.82 bits per heavy atom. The van der Waals surface area contributed by atoms with Crippen molar-refractivity contribution in [2.24, 2.45) is 0 Å². The number of rotatable bonds is 2. The zero-order chi connectivity index (χ0) is 8.43. The number of aromatic carboxylic acids is 1. The van der Waals surface area contributed by atoms with Gasteiger partial charge in [0.1, 0.15) is 11.6 Å². The van der Waals surface area contributed by atoms with E-state index >= 15 is 0 Å². The van der Waals surface area contributed by atoms with E-state index in [9.17, 15) is 9.18 Å². The highest BCUT2D eigenvalue weighted by Crippen LogP contribution is 2.18. The third-order valence-electron chi connectivity index (χ3n) is 1.13. The summed E-state index contributed by atoms with van der Waals surface area (Å²) in [6, 6.07) is 0. The van der Waals surface area contributed by atoms with E-state index in [1.165, 1.54) is 0 Å². The van der Waals surface area contributed by atoms with Crippen molar-refractivity contribution in [2.75, 3.05) is 0 Å². The average Bonchev–Trinajstić information content (AvgIpc) is 2.30. The topological polar surface area (TPSA) is 50.2 Å². The minimum absolute atomic E-state index is 0.00463. The lowest BCUT2D eigenvalue weighted by Gasteiger charge is -1.87. The molecule has 1 heterocycles. The van der Waals surface area contributed by atoms with Gasteiger partial charge in [0, 0.05) is 0 Å². The first-order chi connectivity index (χ1) is 5.15. The fourth-order valence-corrected chi connectivity index (χ4v) is 1.48. The predicted octanol–water partition coefficient (Wildman–Crippen LogP) is 1.62. The largest absolute Gasteiger partial charge is 0.477 e. The number of thiazole rings is 1. The van der Waals surface area contributed by atoms with Crippen molar-refractivity contribution in [2.45, 2.75) is 13.6 Å². The first-order valence-electron chi connectivity index (χ1n) is 2.90. The highest BCUT2D eigenvalue weighted by atomic mass is 32.1. The van der Waals surface area contributed by atoms with Gasteiger partial charge in [-0.3, -0.25) is 0 Å². The summed E-state index contributed by atoms with van der Waals surface area (Å²) >= 11 is 0.996. The molecule has 1 aromatic rings. The lowest BCUT2D eigenvalue weighted by molar-refractivity contribution is 0.0700. The van der Waals surface area contributed by atoms with Crippen molar-refractivity contribution < 1.29 is 14.3 Å². The van der Waals surface area contributed by atoms with Crippen LogP contribution >= 0.6 is 11.3 Å². The summed E-state index contributed by atoms with van der Waals surface area (Å²) in [7, 11) is 0. The summed E-state index contributed by atoms with van der Waals surface area (Å²) in [6.07, 6.45) is 0. The van der Waals surface area contributed by atoms with Gasteiger partial charge in [0.05, 0.1) is 10.7 Å². The van der Waals surface area contributed by atoms with E-state index in [0.717, 1.165) is 11.3 Å². The van der Waals surface area contributed by atoms with E-state index < -0.39 is 12.6 Å². The Morgan fingerprint density at radius 1 is 1.82 bits per heavy atom. The molecule has 0 aliphatic heterocycles. The minimum Gasteiger partial charge on any atom is -0.477 e. The fourth-order valence-electron chi connectivity index (χ4n) is 0.728. The van der Waals surface area contributed by atoms with Gasteiger partial charge in [-0.15, -0.1) is 11.3 Å². The van der Waals surface area contributed by atoms with Crippen molar-refractivity contribution in [1.82, 2.24) is 4.98 Å². The zero-order valence-electron chi connectivity index (χ0n) is 5.80. The maximum Gasteiger partial charge on any atom is 0.347 e. The van der Waals surface area contributed by atoms with Crippen LogP contribution in [0.25, 0.3) is 0 Å². The fraction of sp³-hybridized carbons (Fsp3) is 0.333. The van der Waals surface area contributed by atoms with Crippen molar-refractivity contribution >= 4 is 17.3 Å². The van der Waals surface area contributed by atoms with Crippen molar-refractivity contribution in [3.8, 4) is 0 Å². The van der Waals surface area contributed by atoms with E-state index in [1.807, 2.05) is 0 Å². The molecule has 0 radical (unpaired) electrons. The molecule has 0 spiro atoms. The molecule has 0 fully saturated rings. The Labute approximate surface area is 66.5 Å². The van der Waals surface area contributed by atoms with Gasteiger partial charge in [-0.2, -0.15) is 0 Å². The van der Waals surface area contributed by atoms with Crippen LogP contribution in [0.1, 0.15) is 20.4 Å². The second-order valence-electron chi connectivity index (χ2n) is 1.95. The number of alkyl halides is 1. The van der Waals surface area contributed by atoms with Crippen molar-refractivity contribution in [1.29, 1.82) is 0 Å². The van der Waals surface area contributed by atoms with Crippen LogP contribution in [0, 0.1) is 6.92 Å². The molecule has 0 unspecified atom stereocenters. The molecule has 1 N–H and O–H groups in total. The Morgan fingerprint density at radius 2 is 2.45 bits per heavy atom. The number of carbonyl (C=O) groups is 1. The molecule has 0 atom stereocenters. The van der Waals surface area contributed by atoms with Crippen LogP contribution in [0.3, 0.4) is 0 Å². The molecule has 0 bridgehead atoms. The Hall–Kier alpha value is -0.970. The maximum atomic E-state index is 12.0. The second-order valence-corrected chi connectivity index (χ2v) is 3.15. The highest BCUT2D eigenvalue weighted by Gasteiger charge is 2.14. The quantitative estimate of drug-likeness (QED) is 0.743. The van der Waals surface area contributed by atoms with E-state index in [4.69, 9.17) is 5.11 Å². The molecule has 1 aromatic heterocycles. The van der Waals surface area contributed by atoms with Gasteiger partial charge in [-0.1, -0.05) is 0 Å². The standard InChI is InChI=1S/C6H6FNO2S/c1-3-8-4(2-7)5(11-3)6(9)10/h2H2,1H3,(H,9,10). The average molecular weight is 175 g/mol. The zero-order valence-corrected chi connectivity index (χ0v) is 6.61. The SMILES string of the molecule is Cc1nc(CF)c(C(=O)O)s1. The van der Waals surface area contributed by atoms with Crippen molar-refractivity contribution in [3.63, 3.8) is 0 Å². The molecular weight excluding hydrogens is 169 g/mol. The number of carboxylic acids is 1. The van der Waals surface area contributed by atoms with Crippen molar-refractivity contribution in [3.05, 3.63) is 15.6 Å². The number of hydrogen-bond acceptors (Lipinski definition) is 3. The number of aryl methyl sites for hydroxylation is 1. The molecule has 11 heavy (non-hydrogen) atoms. The van der Waals surface area contributed by atoms with Gasteiger partial charge >= 0.3 is 5.97 Å². The maximum absolute atomic E-state index is 12.0. The number of carboxylic acid groups (broad SMARTS) is 1. The first-order valence-corrected chi connectivity index (χ1v) is 3.72. The third-order valence-corrected chi connectivity index (χ3v) is 2.13. The van der Waals surface area contributed by atoms with Crippen LogP contribution in [-0.2, 0) is 6.67 Å². The number of halogens is 1. The van der Waals surface area contributed by atoms with Gasteiger partial charge in [0.25, 0.3) is 0 Å². The predicted molar refractivity (Wildman–Crippen MR) is 38.6 cm³/mol. The van der Waals surface area contributed by atoms with Crippen LogP contribution in [-0.4, -0.2) is 16.1 Å². The summed E-state index contributed by atoms with van der Waals surface area (Å²) in [4.78, 5) is 14.1. The van der Waals surface area contributed by atoms with Gasteiger partial charge in [-0.25, -0.2) is 14.2 Å². The summed E-state index contributed by atoms with van der Waals surface area (Å²) in [5.74, 6) is -1.11. The molecule has 5 heteroatoms. The Kier molecular flexibility index (Phi) is 2.19. The molecule has 3 nitrogen and oxygen atoms in total. The molecule has 1 rings (SSSR count). The number of nitrogens with zero attached hydrogens (tertiary/aromatic N) is 1. The smallest absolute Gasteiger partial charge is 0.347 e. The van der Waals surface area contributed by atoms with E-state index in [0.29, 0.717) is 5.01 Å². The monoisotopic (exact) mass is 175 g/mol. The minimum atomic E-state index is -1.11.